The molecule has 2 unspecified atom stereocenters. The van der Waals surface area contributed by atoms with E-state index in [1.54, 1.807) is 4.90 Å². The highest BCUT2D eigenvalue weighted by atomic mass is 32.2. The highest BCUT2D eigenvalue weighted by molar-refractivity contribution is 8.15. The standard InChI is InChI=1S/C33H30F3N5O3S/c1-19(2)30-20(3)5-4-6-27(30)41-29(43)17-45-32(41)38-28(42)16-23-15-26(23)21-7-9-22(10-8-21)31-37-18-40(39-31)24-11-13-25(14-12-24)44-33(34,35)36/h4-14,18-19,23,26H,15-17H2,1-3H3. The summed E-state index contributed by atoms with van der Waals surface area (Å²) in [5.41, 5.74) is 5.41. The molecule has 1 aliphatic carbocycles. The predicted molar refractivity (Wildman–Crippen MR) is 167 cm³/mol. The first kappa shape index (κ1) is 30.6. The van der Waals surface area contributed by atoms with Crippen molar-refractivity contribution in [1.82, 2.24) is 14.8 Å². The van der Waals surface area contributed by atoms with E-state index in [0.29, 0.717) is 23.1 Å². The van der Waals surface area contributed by atoms with Crippen LogP contribution < -0.4 is 9.64 Å². The highest BCUT2D eigenvalue weighted by Crippen LogP contribution is 2.50. The monoisotopic (exact) mass is 633 g/mol. The number of benzene rings is 3. The summed E-state index contributed by atoms with van der Waals surface area (Å²) in [4.78, 5) is 36.2. The number of rotatable bonds is 8. The van der Waals surface area contributed by atoms with Gasteiger partial charge in [-0.2, -0.15) is 4.99 Å². The van der Waals surface area contributed by atoms with Gasteiger partial charge in [-0.05, 0) is 78.1 Å². The van der Waals surface area contributed by atoms with Gasteiger partial charge < -0.3 is 4.74 Å². The minimum Gasteiger partial charge on any atom is -0.406 e. The number of aryl methyl sites for hydroxylation is 1. The van der Waals surface area contributed by atoms with Crippen LogP contribution in [-0.2, 0) is 9.59 Å². The average Bonchev–Trinajstić information content (AvgIpc) is 3.38. The number of anilines is 1. The summed E-state index contributed by atoms with van der Waals surface area (Å²) in [6.07, 6.45) is -2.08. The van der Waals surface area contributed by atoms with E-state index in [1.165, 1.54) is 47.0 Å². The maximum Gasteiger partial charge on any atom is 0.573 e. The molecule has 8 nitrogen and oxygen atoms in total. The van der Waals surface area contributed by atoms with Crippen LogP contribution in [-0.4, -0.2) is 43.9 Å². The minimum absolute atomic E-state index is 0.0730. The van der Waals surface area contributed by atoms with Crippen LogP contribution in [0.3, 0.4) is 0 Å². The van der Waals surface area contributed by atoms with Crippen LogP contribution >= 0.6 is 11.8 Å². The minimum atomic E-state index is -4.75. The van der Waals surface area contributed by atoms with Gasteiger partial charge in [0.05, 0.1) is 17.1 Å². The second kappa shape index (κ2) is 12.2. The maximum atomic E-state index is 13.0. The van der Waals surface area contributed by atoms with Crippen LogP contribution in [0.4, 0.5) is 18.9 Å². The Hall–Kier alpha value is -4.45. The Morgan fingerprint density at radius 2 is 1.82 bits per heavy atom. The van der Waals surface area contributed by atoms with E-state index in [-0.39, 0.29) is 41.1 Å². The summed E-state index contributed by atoms with van der Waals surface area (Å²) >= 11 is 1.30. The Kier molecular flexibility index (Phi) is 8.25. The van der Waals surface area contributed by atoms with Gasteiger partial charge in [-0.1, -0.05) is 62.0 Å². The van der Waals surface area contributed by atoms with E-state index in [2.05, 4.69) is 33.7 Å². The Labute approximate surface area is 262 Å². The Morgan fingerprint density at radius 3 is 2.51 bits per heavy atom. The molecule has 4 aromatic rings. The lowest BCUT2D eigenvalue weighted by molar-refractivity contribution is -0.274. The zero-order valence-electron chi connectivity index (χ0n) is 24.8. The zero-order valence-corrected chi connectivity index (χ0v) is 25.6. The molecule has 6 rings (SSSR count). The molecular weight excluding hydrogens is 603 g/mol. The lowest BCUT2D eigenvalue weighted by atomic mass is 9.95. The number of hydrogen-bond acceptors (Lipinski definition) is 6. The first-order valence-corrected chi connectivity index (χ1v) is 15.5. The largest absolute Gasteiger partial charge is 0.573 e. The molecule has 0 radical (unpaired) electrons. The van der Waals surface area contributed by atoms with Crippen LogP contribution in [0.15, 0.2) is 78.0 Å². The lowest BCUT2D eigenvalue weighted by Crippen LogP contribution is -2.31. The van der Waals surface area contributed by atoms with Crippen LogP contribution in [0, 0.1) is 12.8 Å². The van der Waals surface area contributed by atoms with Crippen molar-refractivity contribution in [3.8, 4) is 22.8 Å². The predicted octanol–water partition coefficient (Wildman–Crippen LogP) is 7.42. The van der Waals surface area contributed by atoms with E-state index in [0.717, 1.165) is 34.4 Å². The molecular formula is C33H30F3N5O3S. The molecule has 232 valence electrons. The van der Waals surface area contributed by atoms with E-state index in [1.807, 2.05) is 49.4 Å². The maximum absolute atomic E-state index is 13.0. The quantitative estimate of drug-likeness (QED) is 0.201. The van der Waals surface area contributed by atoms with Crippen molar-refractivity contribution in [1.29, 1.82) is 0 Å². The number of ether oxygens (including phenoxy) is 1. The van der Waals surface area contributed by atoms with Gasteiger partial charge in [0.2, 0.25) is 11.8 Å². The number of amidine groups is 1. The Balaban J connectivity index is 1.08. The molecule has 2 atom stereocenters. The molecule has 0 N–H and O–H groups in total. The van der Waals surface area contributed by atoms with Gasteiger partial charge in [-0.3, -0.25) is 14.5 Å². The number of alkyl halides is 3. The van der Waals surface area contributed by atoms with Crippen molar-refractivity contribution in [3.05, 3.63) is 89.7 Å². The van der Waals surface area contributed by atoms with Crippen LogP contribution in [0.25, 0.3) is 17.1 Å². The molecule has 2 fully saturated rings. The summed E-state index contributed by atoms with van der Waals surface area (Å²) < 4.78 is 42.7. The van der Waals surface area contributed by atoms with Gasteiger partial charge in [-0.25, -0.2) is 9.67 Å². The lowest BCUT2D eigenvalue weighted by Gasteiger charge is -2.23. The summed E-state index contributed by atoms with van der Waals surface area (Å²) in [5, 5.41) is 4.90. The van der Waals surface area contributed by atoms with E-state index in [9.17, 15) is 22.8 Å². The van der Waals surface area contributed by atoms with Crippen LogP contribution in [0.2, 0.25) is 0 Å². The van der Waals surface area contributed by atoms with Gasteiger partial charge in [0.25, 0.3) is 0 Å². The molecule has 2 amide bonds. The summed E-state index contributed by atoms with van der Waals surface area (Å²) in [6.45, 7) is 6.21. The number of carbonyl (C=O) groups is 2. The highest BCUT2D eigenvalue weighted by Gasteiger charge is 2.40. The Bertz CT molecular complexity index is 1770. The van der Waals surface area contributed by atoms with Gasteiger partial charge in [0.1, 0.15) is 12.1 Å². The van der Waals surface area contributed by atoms with Gasteiger partial charge in [0.15, 0.2) is 11.0 Å². The SMILES string of the molecule is Cc1cccc(N2C(=O)CSC2=NC(=O)CC2CC2c2ccc(-c3ncn(-c4ccc(OC(F)(F)F)cc4)n3)cc2)c1C(C)C. The number of nitrogens with zero attached hydrogens (tertiary/aromatic N) is 5. The third-order valence-corrected chi connectivity index (χ3v) is 8.81. The van der Waals surface area contributed by atoms with Crippen molar-refractivity contribution < 1.29 is 27.5 Å². The second-order valence-corrected chi connectivity index (χ2v) is 12.4. The molecule has 12 heteroatoms. The van der Waals surface area contributed by atoms with Crippen molar-refractivity contribution in [2.24, 2.45) is 10.9 Å². The number of thioether (sulfide) groups is 1. The normalized spacial score (nSPS) is 19.0. The van der Waals surface area contributed by atoms with Gasteiger partial charge >= 0.3 is 6.36 Å². The molecule has 3 aromatic carbocycles. The van der Waals surface area contributed by atoms with Gasteiger partial charge in [0, 0.05) is 12.0 Å². The number of aliphatic imine (C=N–C) groups is 1. The fourth-order valence-electron chi connectivity index (χ4n) is 5.75. The molecule has 1 saturated carbocycles. The van der Waals surface area contributed by atoms with Crippen LogP contribution in [0.1, 0.15) is 55.2 Å². The van der Waals surface area contributed by atoms with Crippen molar-refractivity contribution in [2.75, 3.05) is 10.7 Å². The number of aromatic nitrogens is 3. The van der Waals surface area contributed by atoms with Crippen LogP contribution in [0.5, 0.6) is 5.75 Å². The number of hydrogen-bond donors (Lipinski definition) is 0. The zero-order chi connectivity index (χ0) is 31.9. The number of carbonyl (C=O) groups excluding carboxylic acids is 2. The van der Waals surface area contributed by atoms with Crippen molar-refractivity contribution >= 4 is 34.4 Å². The molecule has 0 bridgehead atoms. The summed E-state index contributed by atoms with van der Waals surface area (Å²) in [5.74, 6) is 0.740. The van der Waals surface area contributed by atoms with Crippen molar-refractivity contribution in [3.63, 3.8) is 0 Å². The second-order valence-electron chi connectivity index (χ2n) is 11.5. The number of halogens is 3. The molecule has 45 heavy (non-hydrogen) atoms. The van der Waals surface area contributed by atoms with Gasteiger partial charge in [-0.15, -0.1) is 18.3 Å². The molecule has 2 heterocycles. The smallest absolute Gasteiger partial charge is 0.406 e. The fourth-order valence-corrected chi connectivity index (χ4v) is 6.63. The first-order chi connectivity index (χ1) is 21.5. The molecule has 1 aliphatic heterocycles. The summed E-state index contributed by atoms with van der Waals surface area (Å²) in [6, 6.07) is 19.1. The topological polar surface area (TPSA) is 89.7 Å². The van der Waals surface area contributed by atoms with E-state index < -0.39 is 6.36 Å². The molecule has 1 saturated heterocycles. The van der Waals surface area contributed by atoms with E-state index >= 15 is 0 Å². The first-order valence-electron chi connectivity index (χ1n) is 14.5. The Morgan fingerprint density at radius 1 is 1.09 bits per heavy atom. The number of amides is 2. The van der Waals surface area contributed by atoms with E-state index in [4.69, 9.17) is 0 Å². The average molecular weight is 634 g/mol. The molecule has 2 aliphatic rings. The summed E-state index contributed by atoms with van der Waals surface area (Å²) in [7, 11) is 0. The fraction of sp³-hybridized carbons (Fsp3) is 0.303. The third-order valence-electron chi connectivity index (χ3n) is 7.89. The molecule has 1 aromatic heterocycles. The molecule has 0 spiro atoms. The third kappa shape index (κ3) is 6.80. The van der Waals surface area contributed by atoms with Crippen molar-refractivity contribution in [2.45, 2.75) is 51.8 Å².